The van der Waals surface area contributed by atoms with Gasteiger partial charge in [-0.25, -0.2) is 4.68 Å². The molecule has 2 aromatic rings. The highest BCUT2D eigenvalue weighted by molar-refractivity contribution is 5.69. The highest BCUT2D eigenvalue weighted by Gasteiger charge is 2.14. The summed E-state index contributed by atoms with van der Waals surface area (Å²) in [5, 5.41) is 20.6. The van der Waals surface area contributed by atoms with Gasteiger partial charge in [-0.1, -0.05) is 24.1 Å². The van der Waals surface area contributed by atoms with E-state index < -0.39 is 11.9 Å². The van der Waals surface area contributed by atoms with Crippen LogP contribution < -0.4 is 0 Å². The Morgan fingerprint density at radius 3 is 2.55 bits per heavy atom. The first-order chi connectivity index (χ1) is 9.47. The zero-order chi connectivity index (χ0) is 14.7. The third-order valence-corrected chi connectivity index (χ3v) is 3.21. The highest BCUT2D eigenvalue weighted by atomic mass is 16.4. The van der Waals surface area contributed by atoms with Gasteiger partial charge in [0.25, 0.3) is 0 Å². The molecule has 0 bridgehead atoms. The molecule has 0 radical (unpaired) electrons. The summed E-state index contributed by atoms with van der Waals surface area (Å²) in [6.07, 6.45) is 0.498. The van der Waals surface area contributed by atoms with Crippen LogP contribution in [0.25, 0.3) is 11.4 Å². The second kappa shape index (κ2) is 5.81. The lowest BCUT2D eigenvalue weighted by molar-refractivity contribution is -0.141. The zero-order valence-corrected chi connectivity index (χ0v) is 11.9. The van der Waals surface area contributed by atoms with Crippen LogP contribution in [0.15, 0.2) is 18.2 Å². The molecule has 0 fully saturated rings. The monoisotopic (exact) mass is 274 g/mol. The average Bonchev–Trinajstić information content (AvgIpc) is 2.82. The molecule has 6 nitrogen and oxygen atoms in total. The van der Waals surface area contributed by atoms with E-state index in [1.54, 1.807) is 11.6 Å². The maximum absolute atomic E-state index is 10.8. The van der Waals surface area contributed by atoms with Crippen molar-refractivity contribution < 1.29 is 9.90 Å². The largest absolute Gasteiger partial charge is 0.481 e. The van der Waals surface area contributed by atoms with E-state index in [1.165, 1.54) is 0 Å². The molecule has 1 aromatic heterocycles. The minimum atomic E-state index is -0.800. The lowest BCUT2D eigenvalue weighted by Crippen LogP contribution is -2.14. The molecule has 0 aliphatic carbocycles. The highest BCUT2D eigenvalue weighted by Crippen LogP contribution is 2.20. The van der Waals surface area contributed by atoms with Crippen molar-refractivity contribution in [2.75, 3.05) is 0 Å². The predicted octanol–water partition coefficient (Wildman–Crippen LogP) is 2.07. The minimum Gasteiger partial charge on any atom is -0.481 e. The van der Waals surface area contributed by atoms with Crippen LogP contribution in [0.3, 0.4) is 0 Å². The molecule has 1 aromatic carbocycles. The third kappa shape index (κ3) is 3.20. The number of nitrogens with zero attached hydrogens (tertiary/aromatic N) is 4. The molecule has 106 valence electrons. The Morgan fingerprint density at radius 1 is 1.30 bits per heavy atom. The molecule has 0 aliphatic heterocycles. The van der Waals surface area contributed by atoms with Crippen LogP contribution in [0.2, 0.25) is 0 Å². The van der Waals surface area contributed by atoms with E-state index >= 15 is 0 Å². The van der Waals surface area contributed by atoms with Gasteiger partial charge in [0.05, 0.1) is 5.92 Å². The molecular formula is C14H18N4O2. The Bertz CT molecular complexity index is 601. The van der Waals surface area contributed by atoms with Crippen LogP contribution in [0.5, 0.6) is 0 Å². The van der Waals surface area contributed by atoms with Crippen LogP contribution in [0.1, 0.15) is 24.5 Å². The molecule has 1 atom stereocenters. The first-order valence-corrected chi connectivity index (χ1v) is 6.55. The number of carbonyl (C=O) groups is 1. The van der Waals surface area contributed by atoms with Crippen LogP contribution in [-0.2, 0) is 11.3 Å². The van der Waals surface area contributed by atoms with Crippen molar-refractivity contribution in [2.45, 2.75) is 33.7 Å². The third-order valence-electron chi connectivity index (χ3n) is 3.21. The van der Waals surface area contributed by atoms with E-state index in [4.69, 9.17) is 5.11 Å². The molecule has 0 aliphatic rings. The molecular weight excluding hydrogens is 256 g/mol. The second-order valence-electron chi connectivity index (χ2n) is 5.13. The molecule has 0 saturated carbocycles. The zero-order valence-electron chi connectivity index (χ0n) is 11.9. The molecule has 0 amide bonds. The number of aromatic nitrogens is 4. The van der Waals surface area contributed by atoms with Crippen molar-refractivity contribution in [3.05, 3.63) is 29.3 Å². The van der Waals surface area contributed by atoms with Gasteiger partial charge < -0.3 is 5.11 Å². The Labute approximate surface area is 117 Å². The lowest BCUT2D eigenvalue weighted by atomic mass is 10.1. The van der Waals surface area contributed by atoms with Crippen LogP contribution in [0, 0.1) is 19.8 Å². The van der Waals surface area contributed by atoms with Gasteiger partial charge in [0.1, 0.15) is 0 Å². The summed E-state index contributed by atoms with van der Waals surface area (Å²) in [4.78, 5) is 10.8. The van der Waals surface area contributed by atoms with Crippen molar-refractivity contribution in [3.8, 4) is 11.4 Å². The predicted molar refractivity (Wildman–Crippen MR) is 74.1 cm³/mol. The van der Waals surface area contributed by atoms with Crippen LogP contribution in [-0.4, -0.2) is 31.3 Å². The summed E-state index contributed by atoms with van der Waals surface area (Å²) in [5.41, 5.74) is 3.25. The summed E-state index contributed by atoms with van der Waals surface area (Å²) in [6.45, 7) is 6.22. The van der Waals surface area contributed by atoms with Crippen molar-refractivity contribution in [3.63, 3.8) is 0 Å². The topological polar surface area (TPSA) is 80.9 Å². The fourth-order valence-electron chi connectivity index (χ4n) is 2.11. The number of aryl methyl sites for hydroxylation is 3. The van der Waals surface area contributed by atoms with Crippen molar-refractivity contribution >= 4 is 5.97 Å². The Kier molecular flexibility index (Phi) is 4.12. The SMILES string of the molecule is Cc1cc(C)cc(-c2nnnn2CCC(C)C(=O)O)c1. The summed E-state index contributed by atoms with van der Waals surface area (Å²) < 4.78 is 1.66. The Morgan fingerprint density at radius 2 is 1.95 bits per heavy atom. The maximum atomic E-state index is 10.8. The van der Waals surface area contributed by atoms with Crippen molar-refractivity contribution in [2.24, 2.45) is 5.92 Å². The van der Waals surface area contributed by atoms with Gasteiger partial charge in [-0.2, -0.15) is 0 Å². The molecule has 2 rings (SSSR count). The van der Waals surface area contributed by atoms with Gasteiger partial charge in [-0.15, -0.1) is 5.10 Å². The van der Waals surface area contributed by atoms with Crippen LogP contribution >= 0.6 is 0 Å². The summed E-state index contributed by atoms with van der Waals surface area (Å²) in [5.74, 6) is -0.535. The molecule has 20 heavy (non-hydrogen) atoms. The number of aliphatic carboxylic acids is 1. The van der Waals surface area contributed by atoms with Crippen LogP contribution in [0.4, 0.5) is 0 Å². The molecule has 1 N–H and O–H groups in total. The van der Waals surface area contributed by atoms with Crippen molar-refractivity contribution in [1.29, 1.82) is 0 Å². The van der Waals surface area contributed by atoms with Gasteiger partial charge in [0.2, 0.25) is 0 Å². The number of hydrogen-bond acceptors (Lipinski definition) is 4. The quantitative estimate of drug-likeness (QED) is 0.902. The minimum absolute atomic E-state index is 0.411. The number of carboxylic acids is 1. The van der Waals surface area contributed by atoms with E-state index in [1.807, 2.05) is 26.0 Å². The van der Waals surface area contributed by atoms with Crippen molar-refractivity contribution in [1.82, 2.24) is 20.2 Å². The number of benzene rings is 1. The normalized spacial score (nSPS) is 12.3. The first kappa shape index (κ1) is 14.2. The van der Waals surface area contributed by atoms with E-state index in [0.717, 1.165) is 16.7 Å². The Hall–Kier alpha value is -2.24. The number of rotatable bonds is 5. The standard InChI is InChI=1S/C14H18N4O2/c1-9-6-10(2)8-12(7-9)13-15-16-17-18(13)5-4-11(3)14(19)20/h6-8,11H,4-5H2,1-3H3,(H,19,20). The lowest BCUT2D eigenvalue weighted by Gasteiger charge is -2.08. The number of tetrazole rings is 1. The molecule has 0 saturated heterocycles. The smallest absolute Gasteiger partial charge is 0.306 e. The molecule has 0 spiro atoms. The van der Waals surface area contributed by atoms with E-state index in [2.05, 4.69) is 21.6 Å². The van der Waals surface area contributed by atoms with Gasteiger partial charge in [-0.05, 0) is 42.8 Å². The van der Waals surface area contributed by atoms with Gasteiger partial charge in [0.15, 0.2) is 5.82 Å². The second-order valence-corrected chi connectivity index (χ2v) is 5.13. The Balaban J connectivity index is 2.22. The maximum Gasteiger partial charge on any atom is 0.306 e. The summed E-state index contributed by atoms with van der Waals surface area (Å²) in [6, 6.07) is 6.13. The number of carboxylic acid groups (broad SMARTS) is 1. The van der Waals surface area contributed by atoms with Gasteiger partial charge in [0, 0.05) is 12.1 Å². The van der Waals surface area contributed by atoms with Gasteiger partial charge >= 0.3 is 5.97 Å². The fraction of sp³-hybridized carbons (Fsp3) is 0.429. The van der Waals surface area contributed by atoms with E-state index in [-0.39, 0.29) is 0 Å². The van der Waals surface area contributed by atoms with Gasteiger partial charge in [-0.3, -0.25) is 4.79 Å². The molecule has 6 heteroatoms. The average molecular weight is 274 g/mol. The summed E-state index contributed by atoms with van der Waals surface area (Å²) >= 11 is 0. The molecule has 1 heterocycles. The fourth-order valence-corrected chi connectivity index (χ4v) is 2.11. The van der Waals surface area contributed by atoms with E-state index in [9.17, 15) is 4.79 Å². The molecule has 1 unspecified atom stereocenters. The summed E-state index contributed by atoms with van der Waals surface area (Å²) in [7, 11) is 0. The van der Waals surface area contributed by atoms with E-state index in [0.29, 0.717) is 18.8 Å². The number of hydrogen-bond donors (Lipinski definition) is 1. The first-order valence-electron chi connectivity index (χ1n) is 6.55.